The molecule has 3 nitrogen and oxygen atoms in total. The number of amides is 1. The molecule has 0 aliphatic carbocycles. The molecular weight excluding hydrogens is 278 g/mol. The van der Waals surface area contributed by atoms with E-state index >= 15 is 0 Å². The minimum absolute atomic E-state index is 0.0174. The van der Waals surface area contributed by atoms with Crippen molar-refractivity contribution in [3.63, 3.8) is 0 Å². The summed E-state index contributed by atoms with van der Waals surface area (Å²) in [6.07, 6.45) is 0.807. The van der Waals surface area contributed by atoms with Crippen LogP contribution in [0.2, 0.25) is 0 Å². The Morgan fingerprint density at radius 3 is 2.84 bits per heavy atom. The number of thiophene rings is 1. The van der Waals surface area contributed by atoms with E-state index in [2.05, 4.69) is 26.1 Å². The molecular formula is C14H23NO2S2. The normalized spacial score (nSPS) is 13.3. The van der Waals surface area contributed by atoms with Crippen LogP contribution in [-0.2, 0) is 4.79 Å². The summed E-state index contributed by atoms with van der Waals surface area (Å²) in [6.45, 7) is 6.82. The molecule has 0 saturated heterocycles. The largest absolute Gasteiger partial charge is 0.387 e. The zero-order valence-corrected chi connectivity index (χ0v) is 13.4. The molecule has 0 spiro atoms. The van der Waals surface area contributed by atoms with Gasteiger partial charge in [-0.1, -0.05) is 20.8 Å². The Balaban J connectivity index is 2.11. The number of carbonyl (C=O) groups is 1. The van der Waals surface area contributed by atoms with Crippen LogP contribution in [0.1, 0.15) is 45.3 Å². The van der Waals surface area contributed by atoms with Gasteiger partial charge < -0.3 is 10.4 Å². The number of hydrogen-bond acceptors (Lipinski definition) is 4. The first-order valence-corrected chi connectivity index (χ1v) is 8.42. The van der Waals surface area contributed by atoms with E-state index in [1.54, 1.807) is 11.3 Å². The number of nitrogens with one attached hydrogen (secondary N) is 1. The van der Waals surface area contributed by atoms with Crippen molar-refractivity contribution >= 4 is 29.0 Å². The average molecular weight is 301 g/mol. The molecule has 0 aliphatic rings. The minimum atomic E-state index is -0.598. The predicted octanol–water partition coefficient (Wildman–Crippen LogP) is 3.21. The van der Waals surface area contributed by atoms with E-state index in [1.165, 1.54) is 0 Å². The number of thioether (sulfide) groups is 1. The number of aliphatic hydroxyl groups excluding tert-OH is 1. The highest BCUT2D eigenvalue weighted by Crippen LogP contribution is 2.24. The first kappa shape index (κ1) is 16.5. The molecule has 1 amide bonds. The van der Waals surface area contributed by atoms with Crippen LogP contribution in [0, 0.1) is 0 Å². The summed E-state index contributed by atoms with van der Waals surface area (Å²) >= 11 is 3.42. The van der Waals surface area contributed by atoms with Gasteiger partial charge in [0.2, 0.25) is 5.91 Å². The van der Waals surface area contributed by atoms with E-state index in [0.29, 0.717) is 13.0 Å². The smallest absolute Gasteiger partial charge is 0.220 e. The summed E-state index contributed by atoms with van der Waals surface area (Å²) in [5.74, 6) is 1.01. The summed E-state index contributed by atoms with van der Waals surface area (Å²) in [6, 6.07) is 1.88. The molecule has 108 valence electrons. The quantitative estimate of drug-likeness (QED) is 0.760. The van der Waals surface area contributed by atoms with Crippen LogP contribution in [0.3, 0.4) is 0 Å². The van der Waals surface area contributed by atoms with Crippen LogP contribution in [0.4, 0.5) is 0 Å². The topological polar surface area (TPSA) is 49.3 Å². The van der Waals surface area contributed by atoms with Gasteiger partial charge in [0.25, 0.3) is 0 Å². The molecule has 0 fully saturated rings. The predicted molar refractivity (Wildman–Crippen MR) is 83.7 cm³/mol. The molecule has 5 heteroatoms. The van der Waals surface area contributed by atoms with Gasteiger partial charge >= 0.3 is 0 Å². The van der Waals surface area contributed by atoms with Crippen LogP contribution in [-0.4, -0.2) is 28.1 Å². The average Bonchev–Trinajstić information content (AvgIpc) is 2.84. The van der Waals surface area contributed by atoms with Crippen molar-refractivity contribution < 1.29 is 9.90 Å². The van der Waals surface area contributed by atoms with E-state index in [1.807, 2.05) is 28.6 Å². The molecule has 0 saturated carbocycles. The minimum Gasteiger partial charge on any atom is -0.387 e. The van der Waals surface area contributed by atoms with E-state index in [-0.39, 0.29) is 10.7 Å². The Morgan fingerprint density at radius 1 is 1.53 bits per heavy atom. The maximum Gasteiger partial charge on any atom is 0.220 e. The van der Waals surface area contributed by atoms with Gasteiger partial charge in [-0.05, 0) is 34.6 Å². The van der Waals surface area contributed by atoms with Crippen molar-refractivity contribution in [1.29, 1.82) is 0 Å². The molecule has 2 N–H and O–H groups in total. The van der Waals surface area contributed by atoms with E-state index in [9.17, 15) is 9.90 Å². The Hall–Kier alpha value is -0.520. The summed E-state index contributed by atoms with van der Waals surface area (Å²) in [4.78, 5) is 11.6. The Labute approximate surface area is 123 Å². The van der Waals surface area contributed by atoms with Gasteiger partial charge in [-0.3, -0.25) is 4.79 Å². The lowest BCUT2D eigenvalue weighted by molar-refractivity contribution is -0.121. The van der Waals surface area contributed by atoms with Crippen LogP contribution >= 0.6 is 23.1 Å². The molecule has 1 atom stereocenters. The fourth-order valence-electron chi connectivity index (χ4n) is 1.49. The lowest BCUT2D eigenvalue weighted by Crippen LogP contribution is -2.28. The first-order chi connectivity index (χ1) is 8.88. The first-order valence-electron chi connectivity index (χ1n) is 6.49. The number of carbonyl (C=O) groups excluding carboxylic acids is 1. The van der Waals surface area contributed by atoms with E-state index in [4.69, 9.17) is 0 Å². The van der Waals surface area contributed by atoms with Gasteiger partial charge in [0.1, 0.15) is 0 Å². The fraction of sp³-hybridized carbons (Fsp3) is 0.643. The number of aliphatic hydroxyl groups is 1. The van der Waals surface area contributed by atoms with Gasteiger partial charge in [0, 0.05) is 17.7 Å². The van der Waals surface area contributed by atoms with Gasteiger partial charge in [-0.15, -0.1) is 0 Å². The molecule has 1 rings (SSSR count). The lowest BCUT2D eigenvalue weighted by Gasteiger charge is -2.17. The number of hydrogen-bond donors (Lipinski definition) is 2. The molecule has 19 heavy (non-hydrogen) atoms. The third kappa shape index (κ3) is 7.60. The van der Waals surface area contributed by atoms with Crippen LogP contribution in [0.5, 0.6) is 0 Å². The van der Waals surface area contributed by atoms with Crippen molar-refractivity contribution in [3.8, 4) is 0 Å². The van der Waals surface area contributed by atoms with Gasteiger partial charge in [-0.2, -0.15) is 23.1 Å². The maximum absolute atomic E-state index is 11.6. The lowest BCUT2D eigenvalue weighted by atomic mass is 10.2. The molecule has 1 aromatic heterocycles. The second-order valence-corrected chi connectivity index (χ2v) is 8.14. The van der Waals surface area contributed by atoms with Gasteiger partial charge in [0.15, 0.2) is 0 Å². The standard InChI is InChI=1S/C14H23NO2S2/c1-14(2,3)19-7-4-5-13(17)15-9-12(16)11-6-8-18-10-11/h6,8,10,12,16H,4-5,7,9H2,1-3H3,(H,15,17). The summed E-state index contributed by atoms with van der Waals surface area (Å²) in [5, 5.41) is 16.4. The molecule has 0 radical (unpaired) electrons. The Morgan fingerprint density at radius 2 is 2.26 bits per heavy atom. The van der Waals surface area contributed by atoms with Crippen molar-refractivity contribution in [3.05, 3.63) is 22.4 Å². The van der Waals surface area contributed by atoms with E-state index < -0.39 is 6.10 Å². The molecule has 1 heterocycles. The van der Waals surface area contributed by atoms with E-state index in [0.717, 1.165) is 17.7 Å². The summed E-state index contributed by atoms with van der Waals surface area (Å²) < 4.78 is 0.256. The highest BCUT2D eigenvalue weighted by molar-refractivity contribution is 8.00. The van der Waals surface area contributed by atoms with Gasteiger partial charge in [0.05, 0.1) is 6.10 Å². The molecule has 1 unspecified atom stereocenters. The van der Waals surface area contributed by atoms with Crippen molar-refractivity contribution in [2.45, 2.75) is 44.5 Å². The van der Waals surface area contributed by atoms with Crippen LogP contribution < -0.4 is 5.32 Å². The molecule has 0 aliphatic heterocycles. The highest BCUT2D eigenvalue weighted by Gasteiger charge is 2.12. The third-order valence-corrected chi connectivity index (χ3v) is 4.56. The second kappa shape index (κ2) is 7.92. The maximum atomic E-state index is 11.6. The van der Waals surface area contributed by atoms with Crippen LogP contribution in [0.25, 0.3) is 0 Å². The van der Waals surface area contributed by atoms with Crippen molar-refractivity contribution in [2.75, 3.05) is 12.3 Å². The van der Waals surface area contributed by atoms with Gasteiger partial charge in [-0.25, -0.2) is 0 Å². The highest BCUT2D eigenvalue weighted by atomic mass is 32.2. The Kier molecular flexibility index (Phi) is 6.89. The zero-order chi connectivity index (χ0) is 14.3. The number of rotatable bonds is 7. The fourth-order valence-corrected chi connectivity index (χ4v) is 3.10. The monoisotopic (exact) mass is 301 g/mol. The second-order valence-electron chi connectivity index (χ2n) is 5.44. The Bertz CT molecular complexity index is 371. The SMILES string of the molecule is CC(C)(C)SCCCC(=O)NCC(O)c1ccsc1. The zero-order valence-electron chi connectivity index (χ0n) is 11.8. The van der Waals surface area contributed by atoms with Crippen LogP contribution in [0.15, 0.2) is 16.8 Å². The molecule has 1 aromatic rings. The summed E-state index contributed by atoms with van der Waals surface area (Å²) in [5.41, 5.74) is 0.869. The molecule has 0 bridgehead atoms. The van der Waals surface area contributed by atoms with Crippen molar-refractivity contribution in [2.24, 2.45) is 0 Å². The summed E-state index contributed by atoms with van der Waals surface area (Å²) in [7, 11) is 0. The third-order valence-electron chi connectivity index (χ3n) is 2.50. The molecule has 0 aromatic carbocycles. The van der Waals surface area contributed by atoms with Crippen molar-refractivity contribution in [1.82, 2.24) is 5.32 Å².